The highest BCUT2D eigenvalue weighted by atomic mass is 35.5. The lowest BCUT2D eigenvalue weighted by Gasteiger charge is -2.20. The third kappa shape index (κ3) is 3.57. The van der Waals surface area contributed by atoms with Crippen LogP contribution in [0.15, 0.2) is 48.8 Å². The van der Waals surface area contributed by atoms with Gasteiger partial charge in [0.2, 0.25) is 0 Å². The second-order valence-corrected chi connectivity index (χ2v) is 5.97. The van der Waals surface area contributed by atoms with Crippen LogP contribution in [0, 0.1) is 6.92 Å². The van der Waals surface area contributed by atoms with Crippen molar-refractivity contribution >= 4 is 40.5 Å². The van der Waals surface area contributed by atoms with Crippen molar-refractivity contribution in [1.29, 1.82) is 0 Å². The number of nitrogens with two attached hydrogens (primary N) is 1. The Labute approximate surface area is 155 Å². The molecule has 1 amide bonds. The first-order valence-electron chi connectivity index (χ1n) is 7.81. The van der Waals surface area contributed by atoms with Crippen LogP contribution in [0.3, 0.4) is 0 Å². The molecule has 0 radical (unpaired) electrons. The number of nitrogen functional groups attached to an aromatic ring is 1. The topological polar surface area (TPSA) is 97.0 Å². The summed E-state index contributed by atoms with van der Waals surface area (Å²) in [5.41, 5.74) is 8.23. The van der Waals surface area contributed by atoms with Crippen molar-refractivity contribution in [2.24, 2.45) is 0 Å². The van der Waals surface area contributed by atoms with Gasteiger partial charge < -0.3 is 16.0 Å². The van der Waals surface area contributed by atoms with E-state index in [4.69, 9.17) is 17.3 Å². The molecule has 132 valence electrons. The maximum Gasteiger partial charge on any atom is 0.278 e. The molecule has 2 aromatic heterocycles. The highest BCUT2D eigenvalue weighted by Gasteiger charge is 2.20. The summed E-state index contributed by atoms with van der Waals surface area (Å²) in [6.07, 6.45) is 3.19. The van der Waals surface area contributed by atoms with Gasteiger partial charge in [-0.1, -0.05) is 29.8 Å². The van der Waals surface area contributed by atoms with E-state index in [9.17, 15) is 4.79 Å². The predicted octanol–water partition coefficient (Wildman–Crippen LogP) is 3.44. The molecule has 0 aliphatic carbocycles. The zero-order chi connectivity index (χ0) is 18.7. The van der Waals surface area contributed by atoms with Gasteiger partial charge in [0.1, 0.15) is 0 Å². The van der Waals surface area contributed by atoms with Gasteiger partial charge in [0, 0.05) is 18.9 Å². The number of rotatable bonds is 4. The molecule has 8 heteroatoms. The molecule has 0 saturated carbocycles. The average Bonchev–Trinajstić information content (AvgIpc) is 2.65. The smallest absolute Gasteiger partial charge is 0.278 e. The first-order valence-corrected chi connectivity index (χ1v) is 8.19. The van der Waals surface area contributed by atoms with E-state index in [1.807, 2.05) is 37.3 Å². The van der Waals surface area contributed by atoms with E-state index in [-0.39, 0.29) is 16.7 Å². The molecular formula is C18H17ClN6O. The Morgan fingerprint density at radius 1 is 1.19 bits per heavy atom. The van der Waals surface area contributed by atoms with Crippen molar-refractivity contribution < 1.29 is 4.79 Å². The number of nitrogens with zero attached hydrogens (tertiary/aromatic N) is 4. The fourth-order valence-corrected chi connectivity index (χ4v) is 2.60. The SMILES string of the molecule is Cc1ccncc1NC(=O)c1nc(Cl)c(N(C)c2ccccc2)nc1N. The molecule has 0 aliphatic rings. The van der Waals surface area contributed by atoms with Crippen LogP contribution in [0.2, 0.25) is 5.15 Å². The van der Waals surface area contributed by atoms with Crippen LogP contribution in [0.5, 0.6) is 0 Å². The number of hydrogen-bond donors (Lipinski definition) is 2. The number of nitrogens with one attached hydrogen (secondary N) is 1. The molecule has 0 aliphatic heterocycles. The van der Waals surface area contributed by atoms with Crippen molar-refractivity contribution in [3.8, 4) is 0 Å². The third-order valence-corrected chi connectivity index (χ3v) is 4.08. The summed E-state index contributed by atoms with van der Waals surface area (Å²) < 4.78 is 0. The van der Waals surface area contributed by atoms with Gasteiger partial charge in [-0.2, -0.15) is 0 Å². The van der Waals surface area contributed by atoms with Gasteiger partial charge in [-0.05, 0) is 30.7 Å². The number of amides is 1. The number of carbonyl (C=O) groups excluding carboxylic acids is 1. The molecule has 0 fully saturated rings. The molecule has 1 aromatic carbocycles. The first kappa shape index (κ1) is 17.6. The zero-order valence-electron chi connectivity index (χ0n) is 14.3. The summed E-state index contributed by atoms with van der Waals surface area (Å²) in [6, 6.07) is 11.3. The molecule has 3 N–H and O–H groups in total. The summed E-state index contributed by atoms with van der Waals surface area (Å²) in [4.78, 5) is 26.6. The van der Waals surface area contributed by atoms with Gasteiger partial charge in [-0.25, -0.2) is 9.97 Å². The number of anilines is 4. The Morgan fingerprint density at radius 2 is 1.92 bits per heavy atom. The second kappa shape index (κ2) is 7.37. The van der Waals surface area contributed by atoms with Crippen molar-refractivity contribution in [2.45, 2.75) is 6.92 Å². The molecule has 3 aromatic rings. The van der Waals surface area contributed by atoms with E-state index in [1.54, 1.807) is 30.4 Å². The van der Waals surface area contributed by atoms with Crippen LogP contribution < -0.4 is 16.0 Å². The number of hydrogen-bond acceptors (Lipinski definition) is 6. The maximum absolute atomic E-state index is 12.5. The van der Waals surface area contributed by atoms with E-state index in [0.717, 1.165) is 11.3 Å². The number of benzene rings is 1. The lowest BCUT2D eigenvalue weighted by atomic mass is 10.2. The number of pyridine rings is 1. The summed E-state index contributed by atoms with van der Waals surface area (Å²) in [5.74, 6) is -0.141. The molecule has 3 rings (SSSR count). The van der Waals surface area contributed by atoms with Crippen LogP contribution in [0.4, 0.5) is 23.0 Å². The van der Waals surface area contributed by atoms with Gasteiger partial charge in [-0.3, -0.25) is 9.78 Å². The zero-order valence-corrected chi connectivity index (χ0v) is 15.0. The quantitative estimate of drug-likeness (QED) is 0.732. The summed E-state index contributed by atoms with van der Waals surface area (Å²) >= 11 is 6.26. The number of para-hydroxylation sites is 1. The Kier molecular flexibility index (Phi) is 4.99. The van der Waals surface area contributed by atoms with Gasteiger partial charge >= 0.3 is 0 Å². The summed E-state index contributed by atoms with van der Waals surface area (Å²) in [5, 5.41) is 2.80. The van der Waals surface area contributed by atoms with Gasteiger partial charge in [0.25, 0.3) is 5.91 Å². The highest BCUT2D eigenvalue weighted by molar-refractivity contribution is 6.32. The van der Waals surface area contributed by atoms with Gasteiger partial charge in [-0.15, -0.1) is 0 Å². The van der Waals surface area contributed by atoms with Crippen LogP contribution in [0.1, 0.15) is 16.1 Å². The molecule has 26 heavy (non-hydrogen) atoms. The largest absolute Gasteiger partial charge is 0.382 e. The van der Waals surface area contributed by atoms with Crippen LogP contribution in [-0.4, -0.2) is 27.9 Å². The molecule has 0 atom stereocenters. The normalized spacial score (nSPS) is 10.4. The Bertz CT molecular complexity index is 948. The second-order valence-electron chi connectivity index (χ2n) is 5.61. The Hall–Kier alpha value is -3.19. The van der Waals surface area contributed by atoms with Crippen molar-refractivity contribution in [3.63, 3.8) is 0 Å². The van der Waals surface area contributed by atoms with E-state index in [0.29, 0.717) is 11.5 Å². The van der Waals surface area contributed by atoms with Crippen molar-refractivity contribution in [3.05, 3.63) is 65.2 Å². The van der Waals surface area contributed by atoms with Crippen LogP contribution in [-0.2, 0) is 0 Å². The summed E-state index contributed by atoms with van der Waals surface area (Å²) in [6.45, 7) is 1.86. The van der Waals surface area contributed by atoms with E-state index in [2.05, 4.69) is 20.3 Å². The standard InChI is InChI=1S/C18H17ClN6O/c1-11-8-9-21-10-13(11)22-18(26)14-16(20)24-17(15(19)23-14)25(2)12-6-4-3-5-7-12/h3-10H,1-2H3,(H2,20,24)(H,22,26). The van der Waals surface area contributed by atoms with E-state index >= 15 is 0 Å². The molecule has 0 bridgehead atoms. The first-order chi connectivity index (χ1) is 12.5. The number of aromatic nitrogens is 3. The fraction of sp³-hybridized carbons (Fsp3) is 0.111. The van der Waals surface area contributed by atoms with Crippen LogP contribution >= 0.6 is 11.6 Å². The molecular weight excluding hydrogens is 352 g/mol. The number of aryl methyl sites for hydroxylation is 1. The van der Waals surface area contributed by atoms with Gasteiger partial charge in [0.15, 0.2) is 22.5 Å². The Morgan fingerprint density at radius 3 is 2.62 bits per heavy atom. The molecule has 0 saturated heterocycles. The fourth-order valence-electron chi connectivity index (χ4n) is 2.35. The third-order valence-electron chi connectivity index (χ3n) is 3.83. The molecule has 7 nitrogen and oxygen atoms in total. The number of carbonyl (C=O) groups is 1. The van der Waals surface area contributed by atoms with E-state index < -0.39 is 5.91 Å². The minimum absolute atomic E-state index is 0.00813. The molecule has 2 heterocycles. The highest BCUT2D eigenvalue weighted by Crippen LogP contribution is 2.29. The minimum Gasteiger partial charge on any atom is -0.382 e. The monoisotopic (exact) mass is 368 g/mol. The molecule has 0 unspecified atom stereocenters. The van der Waals surface area contributed by atoms with Crippen molar-refractivity contribution in [2.75, 3.05) is 23.0 Å². The van der Waals surface area contributed by atoms with E-state index in [1.165, 1.54) is 0 Å². The lowest BCUT2D eigenvalue weighted by molar-refractivity contribution is 0.102. The maximum atomic E-state index is 12.5. The lowest BCUT2D eigenvalue weighted by Crippen LogP contribution is -2.20. The molecule has 0 spiro atoms. The predicted molar refractivity (Wildman–Crippen MR) is 103 cm³/mol. The average molecular weight is 369 g/mol. The van der Waals surface area contributed by atoms with Crippen LogP contribution in [0.25, 0.3) is 0 Å². The van der Waals surface area contributed by atoms with Gasteiger partial charge in [0.05, 0.1) is 11.9 Å². The Balaban J connectivity index is 1.90. The summed E-state index contributed by atoms with van der Waals surface area (Å²) in [7, 11) is 1.80. The van der Waals surface area contributed by atoms with Crippen molar-refractivity contribution in [1.82, 2.24) is 15.0 Å². The number of halogens is 1. The minimum atomic E-state index is -0.498.